The zero-order chi connectivity index (χ0) is 24.0. The number of fused-ring (bicyclic) bond motifs is 1. The number of halogens is 4. The first kappa shape index (κ1) is 23.7. The summed E-state index contributed by atoms with van der Waals surface area (Å²) in [5.41, 5.74) is -1.79. The molecule has 0 bridgehead atoms. The first-order chi connectivity index (χ1) is 15.5. The van der Waals surface area contributed by atoms with Gasteiger partial charge in [0.2, 0.25) is 5.95 Å². The molecule has 3 heterocycles. The van der Waals surface area contributed by atoms with Crippen molar-refractivity contribution in [3.8, 4) is 0 Å². The Morgan fingerprint density at radius 2 is 1.73 bits per heavy atom. The second-order valence-corrected chi connectivity index (χ2v) is 9.90. The molecule has 0 spiro atoms. The van der Waals surface area contributed by atoms with E-state index in [1.807, 2.05) is 9.80 Å². The number of sulfonamides is 1. The van der Waals surface area contributed by atoms with Gasteiger partial charge in [0.25, 0.3) is 15.9 Å². The number of piperazine rings is 1. The predicted molar refractivity (Wildman–Crippen MR) is 111 cm³/mol. The minimum Gasteiger partial charge on any atom is -0.390 e. The van der Waals surface area contributed by atoms with E-state index >= 15 is 0 Å². The zero-order valence-electron chi connectivity index (χ0n) is 17.0. The molecule has 2 aromatic rings. The normalized spacial score (nSPS) is 19.6. The van der Waals surface area contributed by atoms with Gasteiger partial charge in [-0.3, -0.25) is 9.69 Å². The fourth-order valence-electron chi connectivity index (χ4n) is 3.83. The minimum atomic E-state index is -4.88. The Kier molecular flexibility index (Phi) is 6.24. The molecule has 0 aliphatic carbocycles. The van der Waals surface area contributed by atoms with Gasteiger partial charge in [0, 0.05) is 45.1 Å². The number of hydrogen-bond acceptors (Lipinski definition) is 8. The molecule has 1 amide bonds. The third-order valence-electron chi connectivity index (χ3n) is 5.45. The summed E-state index contributed by atoms with van der Waals surface area (Å²) < 4.78 is 65.3. The average molecular weight is 506 g/mol. The van der Waals surface area contributed by atoms with Crippen LogP contribution < -0.4 is 4.90 Å². The molecule has 9 nitrogen and oxygen atoms in total. The molecule has 178 valence electrons. The number of aromatic nitrogens is 2. The van der Waals surface area contributed by atoms with E-state index in [2.05, 4.69) is 9.97 Å². The van der Waals surface area contributed by atoms with Crippen molar-refractivity contribution in [2.75, 3.05) is 44.2 Å². The van der Waals surface area contributed by atoms with Crippen LogP contribution in [0.15, 0.2) is 35.5 Å². The molecular weight excluding hydrogens is 487 g/mol. The number of β-amino-alcohol motifs (C(OH)–C–C–N with tert-alkyl or cyclic N) is 1. The van der Waals surface area contributed by atoms with Crippen LogP contribution in [0.3, 0.4) is 0 Å². The lowest BCUT2D eigenvalue weighted by Gasteiger charge is -2.35. The molecule has 2 aliphatic heterocycles. The van der Waals surface area contributed by atoms with Crippen LogP contribution in [-0.4, -0.2) is 84.0 Å². The molecular formula is C19H19ClF3N5O4S. The van der Waals surface area contributed by atoms with E-state index in [-0.39, 0.29) is 6.54 Å². The molecule has 1 fully saturated rings. The lowest BCUT2D eigenvalue weighted by atomic mass is 10.1. The number of amides is 1. The molecule has 1 aromatic carbocycles. The molecule has 1 aromatic heterocycles. The van der Waals surface area contributed by atoms with Crippen molar-refractivity contribution in [1.29, 1.82) is 0 Å². The molecule has 4 rings (SSSR count). The fourth-order valence-corrected chi connectivity index (χ4v) is 5.71. The van der Waals surface area contributed by atoms with Crippen molar-refractivity contribution in [3.63, 3.8) is 0 Å². The number of carbonyl (C=O) groups is 1. The van der Waals surface area contributed by atoms with Crippen molar-refractivity contribution >= 4 is 33.5 Å². The Balaban J connectivity index is 1.42. The van der Waals surface area contributed by atoms with Crippen LogP contribution in [0.1, 0.15) is 15.9 Å². The van der Waals surface area contributed by atoms with Gasteiger partial charge in [-0.1, -0.05) is 11.6 Å². The number of carbonyl (C=O) groups excluding carboxylic acids is 1. The Labute approximate surface area is 192 Å². The predicted octanol–water partition coefficient (Wildman–Crippen LogP) is 1.48. The third kappa shape index (κ3) is 4.63. The SMILES string of the molecule is O=C1c2cc(Cl)c(C(F)(F)F)cc2S(=O)(=O)N1CC(O)CN1CCN(c2ncccn2)CC1. The third-order valence-corrected chi connectivity index (χ3v) is 7.55. The quantitative estimate of drug-likeness (QED) is 0.651. The standard InChI is InChI=1S/C19H19ClF3N5O4S/c20-15-8-13-16(9-14(15)19(21,22)23)33(31,32)28(17(13)30)11-12(29)10-26-4-6-27(7-5-26)18-24-2-1-3-25-18/h1-3,8-9,12,29H,4-7,10-11H2. The maximum absolute atomic E-state index is 13.1. The summed E-state index contributed by atoms with van der Waals surface area (Å²) in [7, 11) is -4.55. The maximum Gasteiger partial charge on any atom is 0.417 e. The van der Waals surface area contributed by atoms with E-state index in [4.69, 9.17) is 11.6 Å². The van der Waals surface area contributed by atoms with Gasteiger partial charge in [-0.2, -0.15) is 13.2 Å². The van der Waals surface area contributed by atoms with Crippen molar-refractivity contribution in [2.24, 2.45) is 0 Å². The number of aliphatic hydroxyl groups excluding tert-OH is 1. The highest BCUT2D eigenvalue weighted by atomic mass is 35.5. The second-order valence-electron chi connectivity index (χ2n) is 7.66. The van der Waals surface area contributed by atoms with E-state index in [1.54, 1.807) is 18.5 Å². The minimum absolute atomic E-state index is 0.0771. The van der Waals surface area contributed by atoms with Gasteiger partial charge in [0.1, 0.15) is 4.90 Å². The molecule has 1 atom stereocenters. The monoisotopic (exact) mass is 505 g/mol. The van der Waals surface area contributed by atoms with Crippen LogP contribution in [0.4, 0.5) is 19.1 Å². The Morgan fingerprint density at radius 1 is 1.09 bits per heavy atom. The number of anilines is 1. The van der Waals surface area contributed by atoms with Crippen LogP contribution in [0.5, 0.6) is 0 Å². The number of nitrogens with zero attached hydrogens (tertiary/aromatic N) is 5. The molecule has 14 heteroatoms. The van der Waals surface area contributed by atoms with Gasteiger partial charge in [-0.05, 0) is 18.2 Å². The number of hydrogen-bond donors (Lipinski definition) is 1. The van der Waals surface area contributed by atoms with Gasteiger partial charge in [-0.25, -0.2) is 22.7 Å². The molecule has 0 radical (unpaired) electrons. The van der Waals surface area contributed by atoms with Gasteiger partial charge in [0.05, 0.1) is 28.8 Å². The number of aliphatic hydroxyl groups is 1. The molecule has 2 aliphatic rings. The Morgan fingerprint density at radius 3 is 2.33 bits per heavy atom. The van der Waals surface area contributed by atoms with Crippen LogP contribution in [0.25, 0.3) is 0 Å². The second kappa shape index (κ2) is 8.70. The van der Waals surface area contributed by atoms with Gasteiger partial charge in [0.15, 0.2) is 0 Å². The number of alkyl halides is 3. The Bertz CT molecular complexity index is 1160. The summed E-state index contributed by atoms with van der Waals surface area (Å²) >= 11 is 5.63. The molecule has 1 unspecified atom stereocenters. The molecule has 1 saturated heterocycles. The van der Waals surface area contributed by atoms with Gasteiger partial charge < -0.3 is 10.0 Å². The zero-order valence-corrected chi connectivity index (χ0v) is 18.6. The van der Waals surface area contributed by atoms with Crippen molar-refractivity contribution in [2.45, 2.75) is 17.2 Å². The highest BCUT2D eigenvalue weighted by Crippen LogP contribution is 2.40. The van der Waals surface area contributed by atoms with Crippen LogP contribution in [0.2, 0.25) is 5.02 Å². The number of rotatable bonds is 5. The van der Waals surface area contributed by atoms with Crippen molar-refractivity contribution in [1.82, 2.24) is 19.2 Å². The van der Waals surface area contributed by atoms with E-state index in [0.717, 1.165) is 0 Å². The first-order valence-corrected chi connectivity index (χ1v) is 11.7. The van der Waals surface area contributed by atoms with Gasteiger partial charge in [-0.15, -0.1) is 0 Å². The van der Waals surface area contributed by atoms with Gasteiger partial charge >= 0.3 is 6.18 Å². The van der Waals surface area contributed by atoms with E-state index in [1.165, 1.54) is 0 Å². The lowest BCUT2D eigenvalue weighted by Crippen LogP contribution is -2.50. The maximum atomic E-state index is 13.1. The average Bonchev–Trinajstić information content (AvgIpc) is 2.93. The summed E-state index contributed by atoms with van der Waals surface area (Å²) in [4.78, 5) is 24.1. The summed E-state index contributed by atoms with van der Waals surface area (Å²) in [6.45, 7) is 1.75. The largest absolute Gasteiger partial charge is 0.417 e. The molecule has 0 saturated carbocycles. The summed E-state index contributed by atoms with van der Waals surface area (Å²) in [5, 5.41) is 9.70. The fraction of sp³-hybridized carbons (Fsp3) is 0.421. The van der Waals surface area contributed by atoms with Crippen LogP contribution >= 0.6 is 11.6 Å². The molecule has 1 N–H and O–H groups in total. The highest BCUT2D eigenvalue weighted by Gasteiger charge is 2.45. The summed E-state index contributed by atoms with van der Waals surface area (Å²) in [6, 6.07) is 2.78. The summed E-state index contributed by atoms with van der Waals surface area (Å²) in [6.07, 6.45) is -2.86. The van der Waals surface area contributed by atoms with Crippen LogP contribution in [0, 0.1) is 0 Å². The van der Waals surface area contributed by atoms with Crippen LogP contribution in [-0.2, 0) is 16.2 Å². The van der Waals surface area contributed by atoms with Crippen molar-refractivity contribution < 1.29 is 31.5 Å². The number of benzene rings is 1. The molecule has 33 heavy (non-hydrogen) atoms. The Hall–Kier alpha value is -2.48. The highest BCUT2D eigenvalue weighted by molar-refractivity contribution is 7.90. The van der Waals surface area contributed by atoms with E-state index < -0.39 is 55.8 Å². The first-order valence-electron chi connectivity index (χ1n) is 9.88. The summed E-state index contributed by atoms with van der Waals surface area (Å²) in [5.74, 6) is -0.438. The van der Waals surface area contributed by atoms with E-state index in [9.17, 15) is 31.5 Å². The van der Waals surface area contributed by atoms with Crippen molar-refractivity contribution in [3.05, 3.63) is 46.7 Å². The smallest absolute Gasteiger partial charge is 0.390 e. The lowest BCUT2D eigenvalue weighted by molar-refractivity contribution is -0.137. The topological polar surface area (TPSA) is 107 Å². The van der Waals surface area contributed by atoms with E-state index in [0.29, 0.717) is 48.6 Å².